The molecule has 4 unspecified atom stereocenters. The Morgan fingerprint density at radius 2 is 1.69 bits per heavy atom. The second-order valence-electron chi connectivity index (χ2n) is 11.8. The molecule has 4 aliphatic rings. The monoisotopic (exact) mass is 403 g/mol. The topological polar surface area (TPSA) is 64.2 Å². The molecule has 2 N–H and O–H groups in total. The summed E-state index contributed by atoms with van der Waals surface area (Å²) in [6.07, 6.45) is 10.4. The maximum atomic E-state index is 11.7. The van der Waals surface area contributed by atoms with E-state index in [1.807, 2.05) is 0 Å². The Kier molecular flexibility index (Phi) is 5.84. The molecule has 3 heteroatoms. The van der Waals surface area contributed by atoms with Gasteiger partial charge in [0.15, 0.2) is 0 Å². The fourth-order valence-corrected chi connectivity index (χ4v) is 9.43. The summed E-state index contributed by atoms with van der Waals surface area (Å²) in [4.78, 5) is 0. The molecule has 4 saturated carbocycles. The summed E-state index contributed by atoms with van der Waals surface area (Å²) in [6, 6.07) is 2.35. The number of hydrogen-bond donors (Lipinski definition) is 2. The van der Waals surface area contributed by atoms with Crippen LogP contribution < -0.4 is 0 Å². The molecule has 0 aromatic rings. The number of fused-ring (bicyclic) bond motifs is 5. The van der Waals surface area contributed by atoms with Gasteiger partial charge >= 0.3 is 0 Å². The number of nitriles is 1. The van der Waals surface area contributed by atoms with Crippen molar-refractivity contribution in [3.63, 3.8) is 0 Å². The lowest BCUT2D eigenvalue weighted by Gasteiger charge is -2.64. The van der Waals surface area contributed by atoms with E-state index in [2.05, 4.69) is 33.8 Å². The molecular weight excluding hydrogens is 360 g/mol. The lowest BCUT2D eigenvalue weighted by atomic mass is 9.41. The lowest BCUT2D eigenvalue weighted by Crippen LogP contribution is -2.62. The number of hydrogen-bond acceptors (Lipinski definition) is 3. The van der Waals surface area contributed by atoms with Gasteiger partial charge in [0.25, 0.3) is 0 Å². The summed E-state index contributed by atoms with van der Waals surface area (Å²) in [6.45, 7) is 9.66. The molecule has 0 aliphatic heterocycles. The average molecular weight is 404 g/mol. The van der Waals surface area contributed by atoms with Crippen LogP contribution in [0.25, 0.3) is 0 Å². The third kappa shape index (κ3) is 3.20. The van der Waals surface area contributed by atoms with Crippen LogP contribution in [-0.4, -0.2) is 22.4 Å². The van der Waals surface area contributed by atoms with E-state index >= 15 is 0 Å². The molecule has 0 radical (unpaired) electrons. The van der Waals surface area contributed by atoms with E-state index in [1.165, 1.54) is 25.7 Å². The van der Waals surface area contributed by atoms with Gasteiger partial charge in [-0.05, 0) is 104 Å². The summed E-state index contributed by atoms with van der Waals surface area (Å²) in [5.41, 5.74) is 0.613. The van der Waals surface area contributed by atoms with Crippen LogP contribution >= 0.6 is 0 Å². The molecular formula is C26H43NO2. The molecule has 0 saturated heterocycles. The van der Waals surface area contributed by atoms with Crippen LogP contribution in [0.2, 0.25) is 0 Å². The summed E-state index contributed by atoms with van der Waals surface area (Å²) < 4.78 is 0. The summed E-state index contributed by atoms with van der Waals surface area (Å²) in [7, 11) is 0. The Morgan fingerprint density at radius 1 is 1.00 bits per heavy atom. The molecule has 11 atom stereocenters. The van der Waals surface area contributed by atoms with Crippen molar-refractivity contribution in [1.29, 1.82) is 5.26 Å². The first kappa shape index (κ1) is 21.6. The van der Waals surface area contributed by atoms with E-state index in [1.54, 1.807) is 0 Å². The first-order chi connectivity index (χ1) is 13.8. The Morgan fingerprint density at radius 3 is 2.38 bits per heavy atom. The van der Waals surface area contributed by atoms with Crippen molar-refractivity contribution in [1.82, 2.24) is 0 Å². The minimum atomic E-state index is -0.203. The van der Waals surface area contributed by atoms with Crippen molar-refractivity contribution in [2.24, 2.45) is 52.3 Å². The van der Waals surface area contributed by atoms with Gasteiger partial charge in [-0.2, -0.15) is 5.26 Å². The molecule has 4 fully saturated rings. The molecule has 0 heterocycles. The zero-order valence-corrected chi connectivity index (χ0v) is 19.1. The minimum Gasteiger partial charge on any atom is -0.393 e. The van der Waals surface area contributed by atoms with Crippen LogP contribution in [0.4, 0.5) is 0 Å². The third-order valence-electron chi connectivity index (χ3n) is 10.9. The molecule has 4 rings (SSSR count). The molecule has 0 spiro atoms. The normalized spacial score (nSPS) is 52.7. The maximum Gasteiger partial charge on any atom is 0.0621 e. The smallest absolute Gasteiger partial charge is 0.0621 e. The molecule has 29 heavy (non-hydrogen) atoms. The van der Waals surface area contributed by atoms with Crippen molar-refractivity contribution in [3.8, 4) is 6.07 Å². The van der Waals surface area contributed by atoms with E-state index in [0.717, 1.165) is 32.1 Å². The highest BCUT2D eigenvalue weighted by atomic mass is 16.3. The summed E-state index contributed by atoms with van der Waals surface area (Å²) >= 11 is 0. The number of aliphatic hydroxyl groups is 2. The molecule has 0 amide bonds. The molecule has 0 aromatic heterocycles. The lowest BCUT2D eigenvalue weighted by molar-refractivity contribution is -0.203. The van der Waals surface area contributed by atoms with Gasteiger partial charge in [0, 0.05) is 6.42 Å². The largest absolute Gasteiger partial charge is 0.393 e. The van der Waals surface area contributed by atoms with Gasteiger partial charge in [-0.1, -0.05) is 34.1 Å². The van der Waals surface area contributed by atoms with Crippen LogP contribution in [0, 0.1) is 63.6 Å². The average Bonchev–Trinajstić information content (AvgIpc) is 3.05. The van der Waals surface area contributed by atoms with Crippen molar-refractivity contribution >= 4 is 0 Å². The Hall–Kier alpha value is -0.590. The number of nitrogens with zero attached hydrogens (tertiary/aromatic N) is 1. The summed E-state index contributed by atoms with van der Waals surface area (Å²) in [5.74, 6) is 3.80. The SMILES string of the molecule is CC[C@H]1C(O)C2C3CC[C@H]([C@H](C)CC[14C]#N)[C@@]3(C)CCC2[C@@]2(C)CC[C@@H](O)C[C@@H]12. The Labute approximate surface area is 178 Å². The van der Waals surface area contributed by atoms with Gasteiger partial charge in [0.2, 0.25) is 0 Å². The van der Waals surface area contributed by atoms with Crippen molar-refractivity contribution in [2.45, 2.75) is 104 Å². The molecule has 0 bridgehead atoms. The van der Waals surface area contributed by atoms with Gasteiger partial charge < -0.3 is 10.2 Å². The highest BCUT2D eigenvalue weighted by molar-refractivity contribution is 5.13. The zero-order chi connectivity index (χ0) is 21.0. The maximum absolute atomic E-state index is 11.7. The second-order valence-corrected chi connectivity index (χ2v) is 11.8. The van der Waals surface area contributed by atoms with Crippen molar-refractivity contribution in [2.75, 3.05) is 0 Å². The van der Waals surface area contributed by atoms with E-state index in [4.69, 9.17) is 5.26 Å². The molecule has 4 aliphatic carbocycles. The Bertz CT molecular complexity index is 643. The van der Waals surface area contributed by atoms with Gasteiger partial charge in [-0.15, -0.1) is 0 Å². The molecule has 0 aromatic carbocycles. The third-order valence-corrected chi connectivity index (χ3v) is 10.9. The van der Waals surface area contributed by atoms with Crippen LogP contribution in [0.5, 0.6) is 0 Å². The van der Waals surface area contributed by atoms with Crippen molar-refractivity contribution < 1.29 is 10.2 Å². The van der Waals surface area contributed by atoms with Crippen LogP contribution in [0.3, 0.4) is 0 Å². The van der Waals surface area contributed by atoms with Gasteiger partial charge in [0.1, 0.15) is 0 Å². The quantitative estimate of drug-likeness (QED) is 0.646. The molecule has 164 valence electrons. The van der Waals surface area contributed by atoms with Crippen molar-refractivity contribution in [3.05, 3.63) is 0 Å². The van der Waals surface area contributed by atoms with E-state index in [9.17, 15) is 10.2 Å². The Balaban J connectivity index is 1.64. The molecule has 3 nitrogen and oxygen atoms in total. The van der Waals surface area contributed by atoms with E-state index in [-0.39, 0.29) is 17.6 Å². The van der Waals surface area contributed by atoms with Gasteiger partial charge in [-0.3, -0.25) is 0 Å². The predicted octanol–water partition coefficient (Wildman–Crippen LogP) is 5.55. The summed E-state index contributed by atoms with van der Waals surface area (Å²) in [5, 5.41) is 31.2. The fourth-order valence-electron chi connectivity index (χ4n) is 9.43. The van der Waals surface area contributed by atoms with E-state index in [0.29, 0.717) is 53.3 Å². The zero-order valence-electron chi connectivity index (χ0n) is 19.1. The second kappa shape index (κ2) is 7.83. The number of rotatable bonds is 4. The van der Waals surface area contributed by atoms with E-state index < -0.39 is 0 Å². The van der Waals surface area contributed by atoms with Crippen LogP contribution in [0.15, 0.2) is 0 Å². The predicted molar refractivity (Wildman–Crippen MR) is 116 cm³/mol. The first-order valence-electron chi connectivity index (χ1n) is 12.5. The van der Waals surface area contributed by atoms with Crippen LogP contribution in [0.1, 0.15) is 91.9 Å². The van der Waals surface area contributed by atoms with Crippen LogP contribution in [-0.2, 0) is 0 Å². The first-order valence-corrected chi connectivity index (χ1v) is 12.5. The fraction of sp³-hybridized carbons (Fsp3) is 0.962. The van der Waals surface area contributed by atoms with Gasteiger partial charge in [-0.25, -0.2) is 0 Å². The minimum absolute atomic E-state index is 0.170. The highest BCUT2D eigenvalue weighted by Crippen LogP contribution is 2.69. The number of aliphatic hydroxyl groups excluding tert-OH is 2. The highest BCUT2D eigenvalue weighted by Gasteiger charge is 2.64. The standard InChI is InChI=1S/C26H43NO2/c1-5-18-22-15-17(28)10-12-26(22,4)21-11-13-25(3)19(16(2)7-6-14-27)8-9-20(25)23(21)24(18)29/h16-24,28-29H,5-13,15H2,1-4H3/t16-,17-,18-,19-,20?,21?,22+,23?,24?,25-,26-/m1/s1/i14+2. The van der Waals surface area contributed by atoms with Gasteiger partial charge in [0.05, 0.1) is 18.3 Å².